The van der Waals surface area contributed by atoms with Gasteiger partial charge in [0.2, 0.25) is 5.91 Å². The van der Waals surface area contributed by atoms with Gasteiger partial charge in [0, 0.05) is 27.9 Å². The number of hydrogen-bond acceptors (Lipinski definition) is 5. The number of hydrogen-bond donors (Lipinski definition) is 2. The van der Waals surface area contributed by atoms with Gasteiger partial charge in [-0.15, -0.1) is 11.3 Å². The monoisotopic (exact) mass is 365 g/mol. The average molecular weight is 365 g/mol. The molecule has 6 heteroatoms. The summed E-state index contributed by atoms with van der Waals surface area (Å²) in [4.78, 5) is 28.1. The number of thiazole rings is 1. The van der Waals surface area contributed by atoms with Crippen LogP contribution in [-0.4, -0.2) is 23.2 Å². The van der Waals surface area contributed by atoms with Crippen LogP contribution in [0.4, 0.5) is 11.4 Å². The van der Waals surface area contributed by atoms with E-state index in [4.69, 9.17) is 0 Å². The molecular formula is C20H19N3O2S. The first-order valence-corrected chi connectivity index (χ1v) is 9.06. The van der Waals surface area contributed by atoms with Gasteiger partial charge in [-0.3, -0.25) is 9.59 Å². The molecule has 0 saturated carbocycles. The summed E-state index contributed by atoms with van der Waals surface area (Å²) in [6, 6.07) is 14.7. The van der Waals surface area contributed by atoms with Crippen molar-refractivity contribution >= 4 is 34.4 Å². The molecule has 0 atom stereocenters. The third kappa shape index (κ3) is 4.55. The normalized spacial score (nSPS) is 10.4. The molecule has 0 saturated heterocycles. The van der Waals surface area contributed by atoms with Gasteiger partial charge in [-0.25, -0.2) is 4.98 Å². The molecule has 1 amide bonds. The van der Waals surface area contributed by atoms with Gasteiger partial charge in [-0.05, 0) is 38.1 Å². The first-order chi connectivity index (χ1) is 12.5. The summed E-state index contributed by atoms with van der Waals surface area (Å²) in [5, 5.41) is 8.91. The maximum Gasteiger partial charge on any atom is 0.243 e. The number of amides is 1. The molecule has 3 aromatic rings. The lowest BCUT2D eigenvalue weighted by Crippen LogP contribution is -2.21. The van der Waals surface area contributed by atoms with Crippen molar-refractivity contribution in [2.75, 3.05) is 17.2 Å². The molecule has 1 aromatic heterocycles. The van der Waals surface area contributed by atoms with E-state index < -0.39 is 0 Å². The van der Waals surface area contributed by atoms with Crippen molar-refractivity contribution in [1.82, 2.24) is 4.98 Å². The summed E-state index contributed by atoms with van der Waals surface area (Å²) in [7, 11) is 0. The van der Waals surface area contributed by atoms with Crippen LogP contribution in [0, 0.1) is 6.92 Å². The number of carbonyl (C=O) groups excluding carboxylic acids is 2. The predicted molar refractivity (Wildman–Crippen MR) is 106 cm³/mol. The summed E-state index contributed by atoms with van der Waals surface area (Å²) in [5.41, 5.74) is 3.94. The van der Waals surface area contributed by atoms with E-state index in [1.165, 1.54) is 6.92 Å². The molecule has 26 heavy (non-hydrogen) atoms. The van der Waals surface area contributed by atoms with Crippen molar-refractivity contribution in [3.05, 3.63) is 64.5 Å². The number of anilines is 2. The Kier molecular flexibility index (Phi) is 5.43. The summed E-state index contributed by atoms with van der Waals surface area (Å²) in [6.07, 6.45) is 0. The largest absolute Gasteiger partial charge is 0.376 e. The zero-order valence-corrected chi connectivity index (χ0v) is 15.4. The van der Waals surface area contributed by atoms with Crippen LogP contribution >= 0.6 is 11.3 Å². The van der Waals surface area contributed by atoms with Crippen LogP contribution in [-0.2, 0) is 4.79 Å². The molecule has 2 aromatic carbocycles. The van der Waals surface area contributed by atoms with Crippen LogP contribution in [0.1, 0.15) is 22.3 Å². The number of nitrogens with zero attached hydrogens (tertiary/aromatic N) is 1. The molecule has 0 aliphatic carbocycles. The predicted octanol–water partition coefficient (Wildman–Crippen LogP) is 4.37. The molecule has 0 aliphatic heterocycles. The van der Waals surface area contributed by atoms with Crippen LogP contribution < -0.4 is 10.6 Å². The molecule has 0 spiro atoms. The Morgan fingerprint density at radius 2 is 1.85 bits per heavy atom. The second kappa shape index (κ2) is 7.93. The van der Waals surface area contributed by atoms with E-state index in [2.05, 4.69) is 15.6 Å². The highest BCUT2D eigenvalue weighted by atomic mass is 32.1. The summed E-state index contributed by atoms with van der Waals surface area (Å²) < 4.78 is 0. The highest BCUT2D eigenvalue weighted by Gasteiger charge is 2.07. The fraction of sp³-hybridized carbons (Fsp3) is 0.150. The van der Waals surface area contributed by atoms with Gasteiger partial charge in [0.15, 0.2) is 5.78 Å². The minimum Gasteiger partial charge on any atom is -0.376 e. The molecule has 132 valence electrons. The topological polar surface area (TPSA) is 71.1 Å². The SMILES string of the molecule is CC(=O)c1cccc(NCC(=O)Nc2cccc(-c3csc(C)n3)c2)c1. The average Bonchev–Trinajstić information content (AvgIpc) is 3.07. The standard InChI is InChI=1S/C20H19N3O2S/c1-13(24)15-5-3-7-17(9-15)21-11-20(25)23-18-8-4-6-16(10-18)19-12-26-14(2)22-19/h3-10,12,21H,11H2,1-2H3,(H,23,25). The van der Waals surface area contributed by atoms with E-state index in [-0.39, 0.29) is 18.2 Å². The van der Waals surface area contributed by atoms with E-state index >= 15 is 0 Å². The van der Waals surface area contributed by atoms with Crippen molar-refractivity contribution < 1.29 is 9.59 Å². The quantitative estimate of drug-likeness (QED) is 0.636. The molecular weight excluding hydrogens is 346 g/mol. The smallest absolute Gasteiger partial charge is 0.243 e. The Morgan fingerprint density at radius 1 is 1.08 bits per heavy atom. The number of aromatic nitrogens is 1. The van der Waals surface area contributed by atoms with Gasteiger partial charge in [0.25, 0.3) is 0 Å². The van der Waals surface area contributed by atoms with Gasteiger partial charge in [-0.2, -0.15) is 0 Å². The van der Waals surface area contributed by atoms with Crippen LogP contribution in [0.5, 0.6) is 0 Å². The van der Waals surface area contributed by atoms with E-state index in [1.807, 2.05) is 42.6 Å². The maximum atomic E-state index is 12.2. The molecule has 0 fully saturated rings. The van der Waals surface area contributed by atoms with Gasteiger partial charge in [0.1, 0.15) is 0 Å². The van der Waals surface area contributed by atoms with Crippen molar-refractivity contribution in [3.8, 4) is 11.3 Å². The van der Waals surface area contributed by atoms with Crippen LogP contribution in [0.2, 0.25) is 0 Å². The van der Waals surface area contributed by atoms with E-state index in [1.54, 1.807) is 29.5 Å². The van der Waals surface area contributed by atoms with Crippen molar-refractivity contribution in [2.24, 2.45) is 0 Å². The Labute approximate surface area is 156 Å². The van der Waals surface area contributed by atoms with Crippen molar-refractivity contribution in [3.63, 3.8) is 0 Å². The Hall–Kier alpha value is -2.99. The van der Waals surface area contributed by atoms with Gasteiger partial charge < -0.3 is 10.6 Å². The highest BCUT2D eigenvalue weighted by molar-refractivity contribution is 7.09. The summed E-state index contributed by atoms with van der Waals surface area (Å²) in [6.45, 7) is 3.59. The molecule has 0 bridgehead atoms. The number of Topliss-reactive ketones (excluding diaryl/α,β-unsaturated/α-hetero) is 1. The Morgan fingerprint density at radius 3 is 2.58 bits per heavy atom. The number of ketones is 1. The zero-order valence-electron chi connectivity index (χ0n) is 14.6. The lowest BCUT2D eigenvalue weighted by molar-refractivity contribution is -0.114. The second-order valence-electron chi connectivity index (χ2n) is 5.87. The molecule has 1 heterocycles. The fourth-order valence-corrected chi connectivity index (χ4v) is 3.11. The molecule has 0 unspecified atom stereocenters. The molecule has 3 rings (SSSR count). The van der Waals surface area contributed by atoms with Gasteiger partial charge >= 0.3 is 0 Å². The van der Waals surface area contributed by atoms with Crippen LogP contribution in [0.15, 0.2) is 53.9 Å². The summed E-state index contributed by atoms with van der Waals surface area (Å²) in [5.74, 6) is -0.169. The number of rotatable bonds is 6. The van der Waals surface area contributed by atoms with Crippen LogP contribution in [0.3, 0.4) is 0 Å². The van der Waals surface area contributed by atoms with E-state index in [0.29, 0.717) is 5.56 Å². The molecule has 0 aliphatic rings. The first-order valence-electron chi connectivity index (χ1n) is 8.18. The minimum atomic E-state index is -0.162. The fourth-order valence-electron chi connectivity index (χ4n) is 2.49. The van der Waals surface area contributed by atoms with E-state index in [0.717, 1.165) is 27.6 Å². The van der Waals surface area contributed by atoms with Crippen LogP contribution in [0.25, 0.3) is 11.3 Å². The highest BCUT2D eigenvalue weighted by Crippen LogP contribution is 2.24. The van der Waals surface area contributed by atoms with Gasteiger partial charge in [0.05, 0.1) is 17.2 Å². The minimum absolute atomic E-state index is 0.00723. The van der Waals surface area contributed by atoms with Crippen molar-refractivity contribution in [2.45, 2.75) is 13.8 Å². The van der Waals surface area contributed by atoms with Crippen molar-refractivity contribution in [1.29, 1.82) is 0 Å². The lowest BCUT2D eigenvalue weighted by atomic mass is 10.1. The number of carbonyl (C=O) groups is 2. The van der Waals surface area contributed by atoms with Gasteiger partial charge in [-0.1, -0.05) is 24.3 Å². The maximum absolute atomic E-state index is 12.2. The lowest BCUT2D eigenvalue weighted by Gasteiger charge is -2.09. The Balaban J connectivity index is 1.62. The number of benzene rings is 2. The summed E-state index contributed by atoms with van der Waals surface area (Å²) >= 11 is 1.60. The number of aryl methyl sites for hydroxylation is 1. The molecule has 0 radical (unpaired) electrons. The second-order valence-corrected chi connectivity index (χ2v) is 6.93. The van der Waals surface area contributed by atoms with E-state index in [9.17, 15) is 9.59 Å². The Bertz CT molecular complexity index is 949. The molecule has 5 nitrogen and oxygen atoms in total. The zero-order chi connectivity index (χ0) is 18.5. The third-order valence-corrected chi connectivity index (χ3v) is 4.56. The number of nitrogens with one attached hydrogen (secondary N) is 2. The third-order valence-electron chi connectivity index (χ3n) is 3.78. The first kappa shape index (κ1) is 17.8. The molecule has 2 N–H and O–H groups in total.